The molecule has 0 N–H and O–H groups in total. The van der Waals surface area contributed by atoms with Gasteiger partial charge in [-0.15, -0.1) is 0 Å². The number of piperidine rings is 1. The van der Waals surface area contributed by atoms with E-state index in [1.807, 2.05) is 30.3 Å². The molecule has 1 fully saturated rings. The molecule has 1 aromatic carbocycles. The molecule has 0 aliphatic carbocycles. The van der Waals surface area contributed by atoms with Crippen LogP contribution in [0.3, 0.4) is 0 Å². The van der Waals surface area contributed by atoms with Gasteiger partial charge in [0.05, 0.1) is 0 Å². The summed E-state index contributed by atoms with van der Waals surface area (Å²) in [6, 6.07) is 9.69. The molecule has 1 heterocycles. The van der Waals surface area contributed by atoms with Crippen LogP contribution < -0.4 is 0 Å². The lowest BCUT2D eigenvalue weighted by atomic mass is 10.1. The van der Waals surface area contributed by atoms with Gasteiger partial charge in [-0.1, -0.05) is 30.3 Å². The second-order valence-electron chi connectivity index (χ2n) is 3.86. The molecule has 1 amide bonds. The highest BCUT2D eigenvalue weighted by atomic mass is 19.1. The van der Waals surface area contributed by atoms with Gasteiger partial charge in [0.2, 0.25) is 0 Å². The Morgan fingerprint density at radius 2 is 2.07 bits per heavy atom. The van der Waals surface area contributed by atoms with Crippen molar-refractivity contribution in [3.63, 3.8) is 0 Å². The number of rotatable bonds is 2. The van der Waals surface area contributed by atoms with Gasteiger partial charge in [0.1, 0.15) is 0 Å². The van der Waals surface area contributed by atoms with E-state index in [2.05, 4.69) is 0 Å². The third-order valence-corrected chi connectivity index (χ3v) is 2.68. The van der Waals surface area contributed by atoms with E-state index in [0.29, 0.717) is 19.5 Å². The first-order valence-corrected chi connectivity index (χ1v) is 5.24. The maximum atomic E-state index is 13.1. The molecular formula is C12H14FNO. The monoisotopic (exact) mass is 207 g/mol. The van der Waals surface area contributed by atoms with Crippen molar-refractivity contribution in [3.8, 4) is 0 Å². The minimum Gasteiger partial charge on any atom is -0.336 e. The third-order valence-electron chi connectivity index (χ3n) is 2.68. The van der Waals surface area contributed by atoms with Crippen LogP contribution in [-0.4, -0.2) is 23.5 Å². The second-order valence-corrected chi connectivity index (χ2v) is 3.86. The number of likely N-dealkylation sites (tertiary alicyclic amines) is 1. The maximum absolute atomic E-state index is 13.1. The molecular weight excluding hydrogens is 193 g/mol. The van der Waals surface area contributed by atoms with Crippen molar-refractivity contribution in [1.29, 1.82) is 0 Å². The Morgan fingerprint density at radius 1 is 1.33 bits per heavy atom. The molecule has 2 rings (SSSR count). The number of hydrogen-bond donors (Lipinski definition) is 0. The molecule has 0 radical (unpaired) electrons. The van der Waals surface area contributed by atoms with E-state index < -0.39 is 6.17 Å². The fourth-order valence-electron chi connectivity index (χ4n) is 1.85. The van der Waals surface area contributed by atoms with Gasteiger partial charge in [-0.2, -0.15) is 0 Å². The van der Waals surface area contributed by atoms with Gasteiger partial charge in [-0.3, -0.25) is 4.79 Å². The Labute approximate surface area is 88.7 Å². The summed E-state index contributed by atoms with van der Waals surface area (Å²) in [5, 5.41) is 0. The van der Waals surface area contributed by atoms with E-state index in [4.69, 9.17) is 0 Å². The van der Waals surface area contributed by atoms with Gasteiger partial charge in [0, 0.05) is 13.1 Å². The minimum atomic E-state index is -1.29. The number of carbonyl (C=O) groups excluding carboxylic acids is 1. The SMILES string of the molecule is O=C1C(F)CCCN1Cc1ccccc1. The lowest BCUT2D eigenvalue weighted by Crippen LogP contribution is -2.41. The first-order chi connectivity index (χ1) is 7.27. The number of carbonyl (C=O) groups is 1. The Kier molecular flexibility index (Phi) is 2.99. The smallest absolute Gasteiger partial charge is 0.257 e. The molecule has 0 spiro atoms. The fraction of sp³-hybridized carbons (Fsp3) is 0.417. The van der Waals surface area contributed by atoms with Crippen LogP contribution in [0.4, 0.5) is 4.39 Å². The molecule has 0 saturated carbocycles. The summed E-state index contributed by atoms with van der Waals surface area (Å²) in [5.41, 5.74) is 1.06. The van der Waals surface area contributed by atoms with Crippen molar-refractivity contribution in [2.75, 3.05) is 6.54 Å². The van der Waals surface area contributed by atoms with Crippen LogP contribution in [0.1, 0.15) is 18.4 Å². The molecule has 1 aromatic rings. The molecule has 0 aromatic heterocycles. The molecule has 3 heteroatoms. The summed E-state index contributed by atoms with van der Waals surface area (Å²) in [7, 11) is 0. The predicted octanol–water partition coefficient (Wildman–Crippen LogP) is 2.15. The Balaban J connectivity index is 2.03. The molecule has 1 aliphatic rings. The number of alkyl halides is 1. The van der Waals surface area contributed by atoms with Gasteiger partial charge < -0.3 is 4.90 Å². The van der Waals surface area contributed by atoms with Crippen LogP contribution >= 0.6 is 0 Å². The van der Waals surface area contributed by atoms with Crippen LogP contribution in [0.2, 0.25) is 0 Å². The van der Waals surface area contributed by atoms with E-state index in [0.717, 1.165) is 12.0 Å². The maximum Gasteiger partial charge on any atom is 0.257 e. The topological polar surface area (TPSA) is 20.3 Å². The molecule has 0 bridgehead atoms. The summed E-state index contributed by atoms with van der Waals surface area (Å²) in [4.78, 5) is 13.1. The molecule has 15 heavy (non-hydrogen) atoms. The van der Waals surface area contributed by atoms with Crippen molar-refractivity contribution in [2.24, 2.45) is 0 Å². The zero-order valence-corrected chi connectivity index (χ0v) is 8.53. The first-order valence-electron chi connectivity index (χ1n) is 5.24. The van der Waals surface area contributed by atoms with Crippen LogP contribution in [0, 0.1) is 0 Å². The highest BCUT2D eigenvalue weighted by Gasteiger charge is 2.27. The number of hydrogen-bond acceptors (Lipinski definition) is 1. The van der Waals surface area contributed by atoms with E-state index in [1.54, 1.807) is 4.90 Å². The van der Waals surface area contributed by atoms with Crippen molar-refractivity contribution in [1.82, 2.24) is 4.90 Å². The highest BCUT2D eigenvalue weighted by molar-refractivity contribution is 5.81. The predicted molar refractivity (Wildman–Crippen MR) is 56.0 cm³/mol. The Morgan fingerprint density at radius 3 is 2.80 bits per heavy atom. The standard InChI is InChI=1S/C12H14FNO/c13-11-7-4-8-14(12(11)15)9-10-5-2-1-3-6-10/h1-3,5-6,11H,4,7-9H2. The van der Waals surface area contributed by atoms with Gasteiger partial charge in [0.25, 0.3) is 5.91 Å². The average Bonchev–Trinajstić information content (AvgIpc) is 2.26. The number of amides is 1. The molecule has 1 aliphatic heterocycles. The van der Waals surface area contributed by atoms with E-state index in [1.165, 1.54) is 0 Å². The van der Waals surface area contributed by atoms with Gasteiger partial charge >= 0.3 is 0 Å². The van der Waals surface area contributed by atoms with Gasteiger partial charge in [-0.05, 0) is 18.4 Å². The summed E-state index contributed by atoms with van der Waals surface area (Å²) in [5.74, 6) is -0.356. The minimum absolute atomic E-state index is 0.356. The van der Waals surface area contributed by atoms with Crippen molar-refractivity contribution in [3.05, 3.63) is 35.9 Å². The zero-order chi connectivity index (χ0) is 10.7. The van der Waals surface area contributed by atoms with Crippen molar-refractivity contribution < 1.29 is 9.18 Å². The van der Waals surface area contributed by atoms with Crippen molar-refractivity contribution in [2.45, 2.75) is 25.6 Å². The number of halogens is 1. The Bertz CT molecular complexity index is 339. The second kappa shape index (κ2) is 4.43. The van der Waals surface area contributed by atoms with Crippen LogP contribution in [0.25, 0.3) is 0 Å². The molecule has 1 atom stereocenters. The first kappa shape index (κ1) is 10.1. The summed E-state index contributed by atoms with van der Waals surface area (Å²) in [6.45, 7) is 1.20. The van der Waals surface area contributed by atoms with Crippen molar-refractivity contribution >= 4 is 5.91 Å². The zero-order valence-electron chi connectivity index (χ0n) is 8.53. The van der Waals surface area contributed by atoms with Crippen LogP contribution in [0.15, 0.2) is 30.3 Å². The van der Waals surface area contributed by atoms with Crippen LogP contribution in [0.5, 0.6) is 0 Å². The lowest BCUT2D eigenvalue weighted by Gasteiger charge is -2.28. The fourth-order valence-corrected chi connectivity index (χ4v) is 1.85. The molecule has 1 saturated heterocycles. The molecule has 80 valence electrons. The number of benzene rings is 1. The Hall–Kier alpha value is -1.38. The van der Waals surface area contributed by atoms with E-state index >= 15 is 0 Å². The normalized spacial score (nSPS) is 21.8. The van der Waals surface area contributed by atoms with Gasteiger partial charge in [0.15, 0.2) is 6.17 Å². The third kappa shape index (κ3) is 2.35. The molecule has 1 unspecified atom stereocenters. The van der Waals surface area contributed by atoms with Gasteiger partial charge in [-0.25, -0.2) is 4.39 Å². The lowest BCUT2D eigenvalue weighted by molar-refractivity contribution is -0.140. The van der Waals surface area contributed by atoms with E-state index in [9.17, 15) is 9.18 Å². The molecule has 2 nitrogen and oxygen atoms in total. The highest BCUT2D eigenvalue weighted by Crippen LogP contribution is 2.16. The average molecular weight is 207 g/mol. The largest absolute Gasteiger partial charge is 0.336 e. The summed E-state index contributed by atoms with van der Waals surface area (Å²) in [6.07, 6.45) is -0.147. The quantitative estimate of drug-likeness (QED) is 0.727. The number of nitrogens with zero attached hydrogens (tertiary/aromatic N) is 1. The summed E-state index contributed by atoms with van der Waals surface area (Å²) < 4.78 is 13.1. The summed E-state index contributed by atoms with van der Waals surface area (Å²) >= 11 is 0. The van der Waals surface area contributed by atoms with Crippen LogP contribution in [-0.2, 0) is 11.3 Å². The van der Waals surface area contributed by atoms with E-state index in [-0.39, 0.29) is 5.91 Å².